The minimum absolute atomic E-state index is 0.179. The van der Waals surface area contributed by atoms with Crippen LogP contribution in [0.4, 0.5) is 4.39 Å². The molecule has 0 spiro atoms. The number of halogens is 1. The van der Waals surface area contributed by atoms with Gasteiger partial charge in [0.05, 0.1) is 6.61 Å². The van der Waals surface area contributed by atoms with Crippen LogP contribution in [0.2, 0.25) is 0 Å². The predicted molar refractivity (Wildman–Crippen MR) is 35.5 cm³/mol. The fourth-order valence-corrected chi connectivity index (χ4v) is 1.02. The maximum absolute atomic E-state index is 12.8. The second kappa shape index (κ2) is 2.51. The first kappa shape index (κ1) is 6.61. The Morgan fingerprint density at radius 1 is 1.55 bits per heavy atom. The number of hydrogen-bond acceptors (Lipinski definition) is 2. The summed E-state index contributed by atoms with van der Waals surface area (Å²) in [5, 5.41) is 0. The third kappa shape index (κ3) is 1.07. The van der Waals surface area contributed by atoms with Crippen LogP contribution in [0.3, 0.4) is 0 Å². The third-order valence-electron chi connectivity index (χ3n) is 1.56. The van der Waals surface area contributed by atoms with Crippen molar-refractivity contribution in [2.24, 2.45) is 0 Å². The minimum Gasteiger partial charge on any atom is -0.334 e. The molecule has 0 saturated heterocycles. The van der Waals surface area contributed by atoms with Gasteiger partial charge in [-0.1, -0.05) is 6.07 Å². The zero-order valence-corrected chi connectivity index (χ0v) is 5.76. The van der Waals surface area contributed by atoms with E-state index in [2.05, 4.69) is 15.8 Å². The second-order valence-corrected chi connectivity index (χ2v) is 2.29. The van der Waals surface area contributed by atoms with Crippen molar-refractivity contribution in [2.75, 3.05) is 6.61 Å². The molecule has 57 valence electrons. The Hall–Kier alpha value is -1.09. The molecular formula is C8H6FO2. The molecule has 2 rings (SSSR count). The highest BCUT2D eigenvalue weighted by atomic mass is 19.1. The molecule has 0 aromatic heterocycles. The summed E-state index contributed by atoms with van der Waals surface area (Å²) in [6.45, 7) is 0.465. The van der Waals surface area contributed by atoms with Crippen molar-refractivity contribution in [2.45, 2.75) is 6.42 Å². The molecule has 1 aliphatic rings. The van der Waals surface area contributed by atoms with Crippen LogP contribution in [-0.2, 0) is 11.3 Å². The van der Waals surface area contributed by atoms with E-state index in [1.165, 1.54) is 6.07 Å². The SMILES string of the molecule is Fc1cc[c]c2c1OOCC2. The van der Waals surface area contributed by atoms with Gasteiger partial charge in [-0.05, 0) is 12.1 Å². The lowest BCUT2D eigenvalue weighted by molar-refractivity contribution is -0.217. The molecule has 1 radical (unpaired) electrons. The zero-order valence-electron chi connectivity index (χ0n) is 5.76. The Morgan fingerprint density at radius 3 is 3.27 bits per heavy atom. The molecule has 0 bridgehead atoms. The summed E-state index contributed by atoms with van der Waals surface area (Å²) < 4.78 is 12.8. The molecule has 1 heterocycles. The maximum Gasteiger partial charge on any atom is 0.204 e. The molecule has 0 N–H and O–H groups in total. The van der Waals surface area contributed by atoms with Crippen LogP contribution >= 0.6 is 0 Å². The van der Waals surface area contributed by atoms with Gasteiger partial charge < -0.3 is 4.89 Å². The standard InChI is InChI=1S/C8H6FO2/c9-7-3-1-2-6-4-5-10-11-8(6)7/h1,3H,4-5H2. The van der Waals surface area contributed by atoms with Crippen molar-refractivity contribution in [3.63, 3.8) is 0 Å². The normalized spacial score (nSPS) is 15.4. The lowest BCUT2D eigenvalue weighted by Gasteiger charge is -2.14. The summed E-state index contributed by atoms with van der Waals surface area (Å²) in [5.41, 5.74) is 0.747. The third-order valence-corrected chi connectivity index (χ3v) is 1.56. The zero-order chi connectivity index (χ0) is 7.68. The first-order valence-corrected chi connectivity index (χ1v) is 3.36. The lowest BCUT2D eigenvalue weighted by atomic mass is 10.1. The average molecular weight is 153 g/mol. The summed E-state index contributed by atoms with van der Waals surface area (Å²) in [5.74, 6) is -0.211. The summed E-state index contributed by atoms with van der Waals surface area (Å²) in [7, 11) is 0. The largest absolute Gasteiger partial charge is 0.334 e. The number of hydrogen-bond donors (Lipinski definition) is 0. The van der Waals surface area contributed by atoms with Crippen molar-refractivity contribution in [3.8, 4) is 5.75 Å². The molecule has 0 atom stereocenters. The molecule has 0 fully saturated rings. The van der Waals surface area contributed by atoms with Gasteiger partial charge in [-0.3, -0.25) is 0 Å². The van der Waals surface area contributed by atoms with Crippen molar-refractivity contribution in [1.82, 2.24) is 0 Å². The van der Waals surface area contributed by atoms with E-state index in [-0.39, 0.29) is 5.75 Å². The molecule has 1 aliphatic heterocycles. The quantitative estimate of drug-likeness (QED) is 0.526. The van der Waals surface area contributed by atoms with Crippen LogP contribution in [0.1, 0.15) is 5.56 Å². The van der Waals surface area contributed by atoms with Gasteiger partial charge in [0.15, 0.2) is 5.82 Å². The molecule has 2 nitrogen and oxygen atoms in total. The molecular weight excluding hydrogens is 147 g/mol. The summed E-state index contributed by atoms with van der Waals surface area (Å²) in [6.07, 6.45) is 0.660. The first-order chi connectivity index (χ1) is 5.38. The van der Waals surface area contributed by atoms with Crippen LogP contribution in [0.5, 0.6) is 5.75 Å². The molecule has 1 aromatic carbocycles. The highest BCUT2D eigenvalue weighted by molar-refractivity contribution is 5.34. The first-order valence-electron chi connectivity index (χ1n) is 3.36. The topological polar surface area (TPSA) is 18.5 Å². The van der Waals surface area contributed by atoms with Gasteiger partial charge in [0.1, 0.15) is 0 Å². The van der Waals surface area contributed by atoms with Crippen molar-refractivity contribution < 1.29 is 14.2 Å². The van der Waals surface area contributed by atoms with Crippen molar-refractivity contribution in [3.05, 3.63) is 29.6 Å². The van der Waals surface area contributed by atoms with E-state index in [1.54, 1.807) is 6.07 Å². The monoisotopic (exact) mass is 153 g/mol. The summed E-state index contributed by atoms with van der Waals surface area (Å²) >= 11 is 0. The average Bonchev–Trinajstić information content (AvgIpc) is 2.06. The number of benzene rings is 1. The predicted octanol–water partition coefficient (Wildman–Crippen LogP) is 1.49. The van der Waals surface area contributed by atoms with Gasteiger partial charge >= 0.3 is 0 Å². The van der Waals surface area contributed by atoms with E-state index in [0.29, 0.717) is 13.0 Å². The van der Waals surface area contributed by atoms with Crippen LogP contribution in [-0.4, -0.2) is 6.61 Å². The second-order valence-electron chi connectivity index (χ2n) is 2.29. The highest BCUT2D eigenvalue weighted by Gasteiger charge is 2.15. The fourth-order valence-electron chi connectivity index (χ4n) is 1.02. The van der Waals surface area contributed by atoms with Gasteiger partial charge in [0, 0.05) is 12.0 Å². The molecule has 0 saturated carbocycles. The molecule has 0 unspecified atom stereocenters. The van der Waals surface area contributed by atoms with E-state index in [1.807, 2.05) is 0 Å². The number of fused-ring (bicyclic) bond motifs is 1. The molecule has 0 aliphatic carbocycles. The maximum atomic E-state index is 12.8. The van der Waals surface area contributed by atoms with E-state index >= 15 is 0 Å². The smallest absolute Gasteiger partial charge is 0.204 e. The van der Waals surface area contributed by atoms with E-state index < -0.39 is 5.82 Å². The van der Waals surface area contributed by atoms with Crippen molar-refractivity contribution in [1.29, 1.82) is 0 Å². The van der Waals surface area contributed by atoms with Crippen LogP contribution in [0.15, 0.2) is 12.1 Å². The van der Waals surface area contributed by atoms with Gasteiger partial charge in [0.25, 0.3) is 0 Å². The van der Waals surface area contributed by atoms with Gasteiger partial charge in [-0.2, -0.15) is 4.89 Å². The van der Waals surface area contributed by atoms with Crippen LogP contribution in [0, 0.1) is 11.9 Å². The Balaban J connectivity index is 2.49. The summed E-state index contributed by atoms with van der Waals surface area (Å²) in [4.78, 5) is 9.26. The fraction of sp³-hybridized carbons (Fsp3) is 0.250. The van der Waals surface area contributed by atoms with Crippen molar-refractivity contribution >= 4 is 0 Å². The van der Waals surface area contributed by atoms with E-state index in [9.17, 15) is 4.39 Å². The Labute approximate surface area is 63.5 Å². The number of rotatable bonds is 0. The van der Waals surface area contributed by atoms with E-state index in [4.69, 9.17) is 0 Å². The Bertz CT molecular complexity index is 273. The minimum atomic E-state index is -0.390. The molecule has 3 heteroatoms. The van der Waals surface area contributed by atoms with Crippen LogP contribution < -0.4 is 4.89 Å². The molecule has 11 heavy (non-hydrogen) atoms. The van der Waals surface area contributed by atoms with Gasteiger partial charge in [-0.25, -0.2) is 4.39 Å². The summed E-state index contributed by atoms with van der Waals surface area (Å²) in [6, 6.07) is 5.73. The van der Waals surface area contributed by atoms with Gasteiger partial charge in [0.2, 0.25) is 5.75 Å². The Kier molecular flexibility index (Phi) is 1.51. The molecule has 1 aromatic rings. The van der Waals surface area contributed by atoms with Crippen LogP contribution in [0.25, 0.3) is 0 Å². The molecule has 0 amide bonds. The van der Waals surface area contributed by atoms with E-state index in [0.717, 1.165) is 5.56 Å². The highest BCUT2D eigenvalue weighted by Crippen LogP contribution is 2.25. The lowest BCUT2D eigenvalue weighted by Crippen LogP contribution is -2.12. The van der Waals surface area contributed by atoms with Gasteiger partial charge in [-0.15, -0.1) is 0 Å². The Morgan fingerprint density at radius 2 is 2.45 bits per heavy atom.